The van der Waals surface area contributed by atoms with Crippen molar-refractivity contribution < 1.29 is 4.74 Å². The summed E-state index contributed by atoms with van der Waals surface area (Å²) in [5, 5.41) is 7.47. The lowest BCUT2D eigenvalue weighted by molar-refractivity contribution is 0.145. The number of piperidine rings is 1. The summed E-state index contributed by atoms with van der Waals surface area (Å²) in [6, 6.07) is 12.9. The van der Waals surface area contributed by atoms with Gasteiger partial charge in [-0.1, -0.05) is 12.1 Å². The molecule has 140 valence electrons. The normalized spacial score (nSPS) is 19.2. The summed E-state index contributed by atoms with van der Waals surface area (Å²) in [6.07, 6.45) is 5.86. The molecule has 2 heterocycles. The van der Waals surface area contributed by atoms with Crippen LogP contribution >= 0.6 is 0 Å². The molecule has 0 unspecified atom stereocenters. The highest BCUT2D eigenvalue weighted by Crippen LogP contribution is 2.28. The highest BCUT2D eigenvalue weighted by atomic mass is 16.5. The zero-order chi connectivity index (χ0) is 18.6. The van der Waals surface area contributed by atoms with Crippen LogP contribution in [0.3, 0.4) is 0 Å². The van der Waals surface area contributed by atoms with E-state index >= 15 is 0 Å². The summed E-state index contributed by atoms with van der Waals surface area (Å²) in [5.74, 6) is 0.898. The van der Waals surface area contributed by atoms with Gasteiger partial charge in [-0.05, 0) is 75.9 Å². The molecule has 1 fully saturated rings. The molecule has 4 heteroatoms. The second-order valence-electron chi connectivity index (χ2n) is 8.67. The first-order valence-electron chi connectivity index (χ1n) is 9.45. The number of nitrogens with zero attached hydrogens (tertiary/aromatic N) is 1. The van der Waals surface area contributed by atoms with Gasteiger partial charge >= 0.3 is 0 Å². The average Bonchev–Trinajstić information content (AvgIpc) is 2.57. The Labute approximate surface area is 157 Å². The maximum absolute atomic E-state index is 5.84. The lowest BCUT2D eigenvalue weighted by Gasteiger charge is -2.46. The van der Waals surface area contributed by atoms with Crippen LogP contribution < -0.4 is 15.4 Å². The Hall–Kier alpha value is -1.91. The van der Waals surface area contributed by atoms with Crippen molar-refractivity contribution in [2.45, 2.75) is 70.8 Å². The molecule has 2 aromatic rings. The van der Waals surface area contributed by atoms with Crippen LogP contribution in [-0.2, 0) is 13.2 Å². The van der Waals surface area contributed by atoms with Crippen molar-refractivity contribution in [2.24, 2.45) is 0 Å². The van der Waals surface area contributed by atoms with Gasteiger partial charge in [0.05, 0.1) is 0 Å². The molecule has 4 nitrogen and oxygen atoms in total. The zero-order valence-electron chi connectivity index (χ0n) is 16.4. The van der Waals surface area contributed by atoms with Crippen LogP contribution in [-0.4, -0.2) is 22.1 Å². The quantitative estimate of drug-likeness (QED) is 0.822. The minimum atomic E-state index is 0.171. The van der Waals surface area contributed by atoms with Gasteiger partial charge in [0.15, 0.2) is 0 Å². The first-order chi connectivity index (χ1) is 12.3. The molecule has 0 bridgehead atoms. The molecule has 3 rings (SSSR count). The van der Waals surface area contributed by atoms with Crippen LogP contribution in [0.1, 0.15) is 51.7 Å². The SMILES string of the molecule is CC1(C)CC(NCc2ccc(OCc3ccncc3)cc2)CC(C)(C)N1. The van der Waals surface area contributed by atoms with Gasteiger partial charge in [0.2, 0.25) is 0 Å². The lowest BCUT2D eigenvalue weighted by atomic mass is 9.79. The Morgan fingerprint density at radius 1 is 0.962 bits per heavy atom. The van der Waals surface area contributed by atoms with Gasteiger partial charge in [-0.25, -0.2) is 0 Å². The van der Waals surface area contributed by atoms with E-state index in [-0.39, 0.29) is 11.1 Å². The van der Waals surface area contributed by atoms with E-state index in [1.54, 1.807) is 12.4 Å². The van der Waals surface area contributed by atoms with Gasteiger partial charge in [0.25, 0.3) is 0 Å². The Balaban J connectivity index is 1.50. The first-order valence-corrected chi connectivity index (χ1v) is 9.45. The molecule has 0 atom stereocenters. The van der Waals surface area contributed by atoms with Gasteiger partial charge in [0, 0.05) is 36.1 Å². The topological polar surface area (TPSA) is 46.2 Å². The molecule has 1 aromatic carbocycles. The van der Waals surface area contributed by atoms with E-state index in [0.717, 1.165) is 30.7 Å². The summed E-state index contributed by atoms with van der Waals surface area (Å²) < 4.78 is 5.84. The highest BCUT2D eigenvalue weighted by molar-refractivity contribution is 5.27. The first kappa shape index (κ1) is 18.9. The highest BCUT2D eigenvalue weighted by Gasteiger charge is 2.37. The molecular formula is C22H31N3O. The number of rotatable bonds is 6. The van der Waals surface area contributed by atoms with Crippen molar-refractivity contribution in [2.75, 3.05) is 0 Å². The maximum Gasteiger partial charge on any atom is 0.119 e. The molecule has 0 amide bonds. The smallest absolute Gasteiger partial charge is 0.119 e. The monoisotopic (exact) mass is 353 g/mol. The van der Waals surface area contributed by atoms with Crippen molar-refractivity contribution in [1.82, 2.24) is 15.6 Å². The lowest BCUT2D eigenvalue weighted by Crippen LogP contribution is -2.61. The number of pyridine rings is 1. The molecule has 26 heavy (non-hydrogen) atoms. The Morgan fingerprint density at radius 2 is 1.58 bits per heavy atom. The predicted octanol–water partition coefficient (Wildman–Crippen LogP) is 4.06. The van der Waals surface area contributed by atoms with Gasteiger partial charge in [-0.15, -0.1) is 0 Å². The van der Waals surface area contributed by atoms with Crippen molar-refractivity contribution in [3.63, 3.8) is 0 Å². The molecule has 0 radical (unpaired) electrons. The van der Waals surface area contributed by atoms with Crippen LogP contribution in [0.2, 0.25) is 0 Å². The molecule has 2 N–H and O–H groups in total. The van der Waals surface area contributed by atoms with Crippen molar-refractivity contribution in [3.05, 3.63) is 59.9 Å². The van der Waals surface area contributed by atoms with Crippen LogP contribution in [0, 0.1) is 0 Å². The molecule has 1 aromatic heterocycles. The third-order valence-electron chi connectivity index (χ3n) is 4.86. The Bertz CT molecular complexity index is 679. The van der Waals surface area contributed by atoms with Crippen molar-refractivity contribution in [1.29, 1.82) is 0 Å². The fourth-order valence-electron chi connectivity index (χ4n) is 4.08. The Kier molecular flexibility index (Phi) is 5.64. The molecule has 0 spiro atoms. The molecule has 1 aliphatic rings. The minimum Gasteiger partial charge on any atom is -0.489 e. The van der Waals surface area contributed by atoms with E-state index in [4.69, 9.17) is 4.74 Å². The van der Waals surface area contributed by atoms with Crippen molar-refractivity contribution in [3.8, 4) is 5.75 Å². The van der Waals surface area contributed by atoms with Gasteiger partial charge in [-0.2, -0.15) is 0 Å². The summed E-state index contributed by atoms with van der Waals surface area (Å²) in [7, 11) is 0. The van der Waals surface area contributed by atoms with Crippen LogP contribution in [0.15, 0.2) is 48.8 Å². The van der Waals surface area contributed by atoms with E-state index < -0.39 is 0 Å². The number of hydrogen-bond donors (Lipinski definition) is 2. The van der Waals surface area contributed by atoms with E-state index in [2.05, 4.69) is 67.6 Å². The van der Waals surface area contributed by atoms with Gasteiger partial charge in [0.1, 0.15) is 12.4 Å². The third-order valence-corrected chi connectivity index (χ3v) is 4.86. The summed E-state index contributed by atoms with van der Waals surface area (Å²) in [5.41, 5.74) is 2.76. The van der Waals surface area contributed by atoms with E-state index in [9.17, 15) is 0 Å². The molecule has 1 saturated heterocycles. The van der Waals surface area contributed by atoms with Crippen molar-refractivity contribution >= 4 is 0 Å². The summed E-state index contributed by atoms with van der Waals surface area (Å²) in [4.78, 5) is 4.02. The van der Waals surface area contributed by atoms with Crippen LogP contribution in [0.5, 0.6) is 5.75 Å². The van der Waals surface area contributed by atoms with Gasteiger partial charge in [-0.3, -0.25) is 4.98 Å². The minimum absolute atomic E-state index is 0.171. The molecule has 0 saturated carbocycles. The second-order valence-corrected chi connectivity index (χ2v) is 8.67. The molecule has 1 aliphatic heterocycles. The van der Waals surface area contributed by atoms with E-state index in [1.165, 1.54) is 5.56 Å². The number of nitrogens with one attached hydrogen (secondary N) is 2. The number of aromatic nitrogens is 1. The van der Waals surface area contributed by atoms with Gasteiger partial charge < -0.3 is 15.4 Å². The standard InChI is InChI=1S/C22H31N3O/c1-21(2)13-19(14-22(3,4)25-21)24-15-17-5-7-20(8-6-17)26-16-18-9-11-23-12-10-18/h5-12,19,24-25H,13-16H2,1-4H3. The molecule has 0 aliphatic carbocycles. The summed E-state index contributed by atoms with van der Waals surface area (Å²) in [6.45, 7) is 10.6. The van der Waals surface area contributed by atoms with Crippen LogP contribution in [0.25, 0.3) is 0 Å². The summed E-state index contributed by atoms with van der Waals surface area (Å²) >= 11 is 0. The number of hydrogen-bond acceptors (Lipinski definition) is 4. The fourth-order valence-corrected chi connectivity index (χ4v) is 4.08. The molecular weight excluding hydrogens is 322 g/mol. The maximum atomic E-state index is 5.84. The van der Waals surface area contributed by atoms with E-state index in [0.29, 0.717) is 12.6 Å². The zero-order valence-corrected chi connectivity index (χ0v) is 16.4. The third kappa shape index (κ3) is 5.55. The Morgan fingerprint density at radius 3 is 2.19 bits per heavy atom. The average molecular weight is 354 g/mol. The van der Waals surface area contributed by atoms with E-state index in [1.807, 2.05) is 12.1 Å². The second kappa shape index (κ2) is 7.77. The number of benzene rings is 1. The number of ether oxygens (including phenoxy) is 1. The fraction of sp³-hybridized carbons (Fsp3) is 0.500. The predicted molar refractivity (Wildman–Crippen MR) is 106 cm³/mol. The van der Waals surface area contributed by atoms with Crippen LogP contribution in [0.4, 0.5) is 0 Å². The largest absolute Gasteiger partial charge is 0.489 e.